The van der Waals surface area contributed by atoms with Gasteiger partial charge >= 0.3 is 0 Å². The molecular weight excluding hydrogens is 376 g/mol. The highest BCUT2D eigenvalue weighted by atomic mass is 16.2. The van der Waals surface area contributed by atoms with Crippen LogP contribution in [0.25, 0.3) is 0 Å². The Kier molecular flexibility index (Phi) is 7.14. The molecule has 2 fully saturated rings. The smallest absolute Gasteiger partial charge is 0.227 e. The molecule has 0 radical (unpaired) electrons. The van der Waals surface area contributed by atoms with Gasteiger partial charge in [-0.3, -0.25) is 14.5 Å². The highest BCUT2D eigenvalue weighted by Crippen LogP contribution is 2.25. The number of hydrogen-bond acceptors (Lipinski definition) is 4. The number of likely N-dealkylation sites (tertiary alicyclic amines) is 1. The number of carbonyl (C=O) groups excluding carboxylic acids is 2. The molecule has 0 aliphatic carbocycles. The molecule has 0 N–H and O–H groups in total. The van der Waals surface area contributed by atoms with E-state index in [2.05, 4.69) is 11.0 Å². The fraction of sp³-hybridized carbons (Fsp3) is 0.625. The summed E-state index contributed by atoms with van der Waals surface area (Å²) < 4.78 is 0. The van der Waals surface area contributed by atoms with E-state index in [0.29, 0.717) is 18.7 Å². The highest BCUT2D eigenvalue weighted by molar-refractivity contribution is 5.82. The minimum atomic E-state index is -0.361. The SMILES string of the molecule is CC(C)(C)C(=O)N1CCC(C(=O)N2CCCN(Cc3ccc(C#N)cc3)CC2)CC1. The first-order valence-electron chi connectivity index (χ1n) is 11.1. The summed E-state index contributed by atoms with van der Waals surface area (Å²) in [5.41, 5.74) is 1.52. The lowest BCUT2D eigenvalue weighted by Gasteiger charge is -2.36. The van der Waals surface area contributed by atoms with Gasteiger partial charge in [-0.25, -0.2) is 0 Å². The number of carbonyl (C=O) groups is 2. The molecule has 2 heterocycles. The summed E-state index contributed by atoms with van der Waals surface area (Å²) in [5, 5.41) is 8.94. The van der Waals surface area contributed by atoms with E-state index in [4.69, 9.17) is 5.26 Å². The third-order valence-corrected chi connectivity index (χ3v) is 6.16. The van der Waals surface area contributed by atoms with Crippen LogP contribution in [0.15, 0.2) is 24.3 Å². The molecule has 3 rings (SSSR count). The van der Waals surface area contributed by atoms with E-state index >= 15 is 0 Å². The van der Waals surface area contributed by atoms with Gasteiger partial charge in [-0.15, -0.1) is 0 Å². The van der Waals surface area contributed by atoms with E-state index in [-0.39, 0.29) is 23.1 Å². The Labute approximate surface area is 180 Å². The van der Waals surface area contributed by atoms with Gasteiger partial charge in [0.05, 0.1) is 11.6 Å². The molecule has 162 valence electrons. The van der Waals surface area contributed by atoms with Gasteiger partial charge in [-0.05, 0) is 37.0 Å². The van der Waals surface area contributed by atoms with Crippen LogP contribution in [-0.4, -0.2) is 65.8 Å². The number of rotatable bonds is 3. The van der Waals surface area contributed by atoms with Crippen LogP contribution < -0.4 is 0 Å². The molecule has 0 aromatic heterocycles. The Morgan fingerprint density at radius 2 is 1.63 bits per heavy atom. The Bertz CT molecular complexity index is 783. The van der Waals surface area contributed by atoms with Gasteiger partial charge in [0.15, 0.2) is 0 Å². The van der Waals surface area contributed by atoms with Crippen LogP contribution >= 0.6 is 0 Å². The molecule has 2 aliphatic rings. The molecular formula is C24H34N4O2. The average Bonchev–Trinajstić information content (AvgIpc) is 2.98. The van der Waals surface area contributed by atoms with Gasteiger partial charge in [0, 0.05) is 57.1 Å². The van der Waals surface area contributed by atoms with Crippen LogP contribution in [0, 0.1) is 22.7 Å². The molecule has 0 atom stereocenters. The maximum Gasteiger partial charge on any atom is 0.227 e. The molecule has 2 aliphatic heterocycles. The number of nitriles is 1. The first-order chi connectivity index (χ1) is 14.3. The number of hydrogen-bond donors (Lipinski definition) is 0. The zero-order valence-electron chi connectivity index (χ0n) is 18.6. The molecule has 2 saturated heterocycles. The Hall–Kier alpha value is -2.39. The molecule has 0 saturated carbocycles. The number of piperidine rings is 1. The van der Waals surface area contributed by atoms with Crippen LogP contribution in [0.5, 0.6) is 0 Å². The molecule has 1 aromatic rings. The predicted molar refractivity (Wildman–Crippen MR) is 116 cm³/mol. The molecule has 6 nitrogen and oxygen atoms in total. The van der Waals surface area contributed by atoms with Crippen LogP contribution in [0.2, 0.25) is 0 Å². The molecule has 6 heteroatoms. The van der Waals surface area contributed by atoms with Crippen molar-refractivity contribution in [1.82, 2.24) is 14.7 Å². The van der Waals surface area contributed by atoms with Crippen molar-refractivity contribution in [3.63, 3.8) is 0 Å². The molecule has 0 unspecified atom stereocenters. The lowest BCUT2D eigenvalue weighted by Crippen LogP contribution is -2.47. The van der Waals surface area contributed by atoms with E-state index < -0.39 is 0 Å². The maximum absolute atomic E-state index is 13.1. The zero-order valence-corrected chi connectivity index (χ0v) is 18.6. The first kappa shape index (κ1) is 22.3. The highest BCUT2D eigenvalue weighted by Gasteiger charge is 2.34. The van der Waals surface area contributed by atoms with E-state index in [0.717, 1.165) is 52.0 Å². The van der Waals surface area contributed by atoms with Gasteiger partial charge in [-0.2, -0.15) is 5.26 Å². The van der Waals surface area contributed by atoms with Gasteiger partial charge in [0.1, 0.15) is 0 Å². The van der Waals surface area contributed by atoms with Crippen LogP contribution in [0.3, 0.4) is 0 Å². The first-order valence-corrected chi connectivity index (χ1v) is 11.1. The quantitative estimate of drug-likeness (QED) is 0.768. The van der Waals surface area contributed by atoms with Gasteiger partial charge in [-0.1, -0.05) is 32.9 Å². The van der Waals surface area contributed by atoms with Crippen LogP contribution in [0.1, 0.15) is 51.2 Å². The summed E-state index contributed by atoms with van der Waals surface area (Å²) in [4.78, 5) is 31.9. The summed E-state index contributed by atoms with van der Waals surface area (Å²) in [6.07, 6.45) is 2.52. The zero-order chi connectivity index (χ0) is 21.7. The van der Waals surface area contributed by atoms with Crippen molar-refractivity contribution in [2.75, 3.05) is 39.3 Å². The van der Waals surface area contributed by atoms with Crippen molar-refractivity contribution in [3.05, 3.63) is 35.4 Å². The fourth-order valence-electron chi connectivity index (χ4n) is 4.35. The summed E-state index contributed by atoms with van der Waals surface area (Å²) in [7, 11) is 0. The summed E-state index contributed by atoms with van der Waals surface area (Å²) in [6.45, 7) is 11.5. The van der Waals surface area contributed by atoms with Crippen LogP contribution in [-0.2, 0) is 16.1 Å². The standard InChI is InChI=1S/C24H34N4O2/c1-24(2,3)23(30)28-13-9-21(10-14-28)22(29)27-12-4-11-26(15-16-27)18-20-7-5-19(17-25)6-8-20/h5-8,21H,4,9-16,18H2,1-3H3. The van der Waals surface area contributed by atoms with E-state index in [1.165, 1.54) is 5.56 Å². The molecule has 2 amide bonds. The Morgan fingerprint density at radius 3 is 2.23 bits per heavy atom. The van der Waals surface area contributed by atoms with Gasteiger partial charge < -0.3 is 9.80 Å². The average molecular weight is 411 g/mol. The second-order valence-corrected chi connectivity index (χ2v) is 9.58. The van der Waals surface area contributed by atoms with E-state index in [1.807, 2.05) is 54.8 Å². The van der Waals surface area contributed by atoms with E-state index in [1.54, 1.807) is 0 Å². The van der Waals surface area contributed by atoms with Crippen molar-refractivity contribution in [3.8, 4) is 6.07 Å². The summed E-state index contributed by atoms with van der Waals surface area (Å²) >= 11 is 0. The monoisotopic (exact) mass is 410 g/mol. The molecule has 0 bridgehead atoms. The molecule has 30 heavy (non-hydrogen) atoms. The summed E-state index contributed by atoms with van der Waals surface area (Å²) in [6, 6.07) is 9.90. The minimum absolute atomic E-state index is 0.0408. The topological polar surface area (TPSA) is 67.7 Å². The normalized spacial score (nSPS) is 19.3. The van der Waals surface area contributed by atoms with E-state index in [9.17, 15) is 9.59 Å². The number of amides is 2. The summed E-state index contributed by atoms with van der Waals surface area (Å²) in [5.74, 6) is 0.485. The van der Waals surface area contributed by atoms with Gasteiger partial charge in [0.2, 0.25) is 11.8 Å². The second kappa shape index (κ2) is 9.61. The van der Waals surface area contributed by atoms with Crippen molar-refractivity contribution < 1.29 is 9.59 Å². The van der Waals surface area contributed by atoms with Crippen molar-refractivity contribution in [2.24, 2.45) is 11.3 Å². The minimum Gasteiger partial charge on any atom is -0.342 e. The lowest BCUT2D eigenvalue weighted by atomic mass is 9.90. The number of nitrogens with zero attached hydrogens (tertiary/aromatic N) is 4. The lowest BCUT2D eigenvalue weighted by molar-refractivity contribution is -0.144. The third-order valence-electron chi connectivity index (χ3n) is 6.16. The second-order valence-electron chi connectivity index (χ2n) is 9.58. The Morgan fingerprint density at radius 1 is 0.967 bits per heavy atom. The number of benzene rings is 1. The largest absolute Gasteiger partial charge is 0.342 e. The molecule has 1 aromatic carbocycles. The van der Waals surface area contributed by atoms with Gasteiger partial charge in [0.25, 0.3) is 0 Å². The third kappa shape index (κ3) is 5.60. The van der Waals surface area contributed by atoms with Crippen molar-refractivity contribution in [1.29, 1.82) is 5.26 Å². The Balaban J connectivity index is 1.48. The van der Waals surface area contributed by atoms with Crippen molar-refractivity contribution in [2.45, 2.75) is 46.6 Å². The van der Waals surface area contributed by atoms with Crippen molar-refractivity contribution >= 4 is 11.8 Å². The fourth-order valence-corrected chi connectivity index (χ4v) is 4.35. The predicted octanol–water partition coefficient (Wildman–Crippen LogP) is 2.88. The molecule has 0 spiro atoms. The maximum atomic E-state index is 13.1. The van der Waals surface area contributed by atoms with Crippen LogP contribution in [0.4, 0.5) is 0 Å².